The molecule has 3 aliphatic heterocycles. The van der Waals surface area contributed by atoms with Gasteiger partial charge in [0.2, 0.25) is 10.0 Å². The molecule has 0 aromatic heterocycles. The number of nitrogens with zero attached hydrogens (tertiary/aromatic N) is 1. The van der Waals surface area contributed by atoms with Gasteiger partial charge in [0, 0.05) is 31.7 Å². The lowest BCUT2D eigenvalue weighted by Crippen LogP contribution is -2.50. The van der Waals surface area contributed by atoms with Crippen molar-refractivity contribution < 1.29 is 17.9 Å². The molecule has 168 valence electrons. The van der Waals surface area contributed by atoms with Gasteiger partial charge in [-0.3, -0.25) is 4.90 Å². The highest BCUT2D eigenvalue weighted by molar-refractivity contribution is 7.90. The van der Waals surface area contributed by atoms with Gasteiger partial charge in [-0.2, -0.15) is 0 Å². The van der Waals surface area contributed by atoms with Gasteiger partial charge in [-0.05, 0) is 64.1 Å². The highest BCUT2D eigenvalue weighted by Gasteiger charge is 2.41. The molecule has 0 amide bonds. The van der Waals surface area contributed by atoms with Crippen LogP contribution in [0.2, 0.25) is 0 Å². The summed E-state index contributed by atoms with van der Waals surface area (Å²) < 4.78 is 38.3. The fraction of sp³-hybridized carbons (Fsp3) is 0.727. The van der Waals surface area contributed by atoms with Gasteiger partial charge in [-0.1, -0.05) is 12.1 Å². The van der Waals surface area contributed by atoms with Crippen LogP contribution >= 0.6 is 0 Å². The Morgan fingerprint density at radius 3 is 2.50 bits per heavy atom. The van der Waals surface area contributed by atoms with Gasteiger partial charge in [0.15, 0.2) is 11.5 Å². The molecule has 30 heavy (non-hydrogen) atoms. The predicted molar refractivity (Wildman–Crippen MR) is 118 cm³/mol. The SMILES string of the molecule is CC(C)S(=O)(=O)NCCNCC1CC2CCC(C1)N2CC1COc2ccccc2O1. The molecule has 1 aromatic rings. The lowest BCUT2D eigenvalue weighted by atomic mass is 9.90. The normalized spacial score (nSPS) is 28.8. The first-order valence-electron chi connectivity index (χ1n) is 11.3. The van der Waals surface area contributed by atoms with E-state index < -0.39 is 10.0 Å². The number of rotatable bonds is 9. The molecule has 4 rings (SSSR count). The summed E-state index contributed by atoms with van der Waals surface area (Å²) in [6, 6.07) is 9.14. The highest BCUT2D eigenvalue weighted by atomic mass is 32.2. The van der Waals surface area contributed by atoms with E-state index in [0.29, 0.717) is 37.7 Å². The summed E-state index contributed by atoms with van der Waals surface area (Å²) in [4.78, 5) is 2.65. The molecule has 0 radical (unpaired) electrons. The second-order valence-corrected chi connectivity index (χ2v) is 11.4. The van der Waals surface area contributed by atoms with Crippen molar-refractivity contribution in [1.82, 2.24) is 14.9 Å². The van der Waals surface area contributed by atoms with Crippen molar-refractivity contribution in [1.29, 1.82) is 0 Å². The van der Waals surface area contributed by atoms with E-state index in [0.717, 1.165) is 24.6 Å². The maximum Gasteiger partial charge on any atom is 0.213 e. The van der Waals surface area contributed by atoms with Gasteiger partial charge in [0.1, 0.15) is 12.7 Å². The summed E-state index contributed by atoms with van der Waals surface area (Å²) in [6.45, 7) is 7.03. The minimum absolute atomic E-state index is 0.0895. The first-order chi connectivity index (χ1) is 14.4. The fourth-order valence-electron chi connectivity index (χ4n) is 4.99. The van der Waals surface area contributed by atoms with E-state index in [9.17, 15) is 8.42 Å². The van der Waals surface area contributed by atoms with Gasteiger partial charge in [-0.25, -0.2) is 13.1 Å². The second kappa shape index (κ2) is 9.42. The van der Waals surface area contributed by atoms with E-state index in [2.05, 4.69) is 14.9 Å². The highest BCUT2D eigenvalue weighted by Crippen LogP contribution is 2.39. The molecule has 2 saturated heterocycles. The number of sulfonamides is 1. The average molecular weight is 438 g/mol. The molecule has 1 aromatic carbocycles. The quantitative estimate of drug-likeness (QED) is 0.575. The largest absolute Gasteiger partial charge is 0.486 e. The molecule has 0 aliphatic carbocycles. The summed E-state index contributed by atoms with van der Waals surface area (Å²) in [5, 5.41) is 3.07. The Hall–Kier alpha value is -1.35. The summed E-state index contributed by atoms with van der Waals surface area (Å²) in [7, 11) is -3.17. The Kier molecular flexibility index (Phi) is 6.87. The third-order valence-corrected chi connectivity index (χ3v) is 8.47. The molecule has 7 nitrogen and oxygen atoms in total. The van der Waals surface area contributed by atoms with Gasteiger partial charge >= 0.3 is 0 Å². The van der Waals surface area contributed by atoms with Crippen LogP contribution < -0.4 is 19.5 Å². The van der Waals surface area contributed by atoms with E-state index in [1.54, 1.807) is 13.8 Å². The molecule has 3 aliphatic rings. The summed E-state index contributed by atoms with van der Waals surface area (Å²) >= 11 is 0. The van der Waals surface area contributed by atoms with Gasteiger partial charge < -0.3 is 14.8 Å². The lowest BCUT2D eigenvalue weighted by molar-refractivity contribution is 0.0207. The number of nitrogens with one attached hydrogen (secondary N) is 2. The fourth-order valence-corrected chi connectivity index (χ4v) is 5.71. The zero-order chi connectivity index (χ0) is 21.1. The number of piperidine rings is 1. The summed E-state index contributed by atoms with van der Waals surface area (Å²) in [5.74, 6) is 2.36. The zero-order valence-electron chi connectivity index (χ0n) is 18.0. The van der Waals surface area contributed by atoms with Crippen molar-refractivity contribution in [2.24, 2.45) is 5.92 Å². The van der Waals surface area contributed by atoms with Crippen LogP contribution in [0.1, 0.15) is 39.5 Å². The van der Waals surface area contributed by atoms with E-state index in [-0.39, 0.29) is 11.4 Å². The van der Waals surface area contributed by atoms with Crippen molar-refractivity contribution in [3.63, 3.8) is 0 Å². The molecule has 0 saturated carbocycles. The van der Waals surface area contributed by atoms with Gasteiger partial charge in [0.05, 0.1) is 5.25 Å². The molecular weight excluding hydrogens is 402 g/mol. The predicted octanol–water partition coefficient (Wildman–Crippen LogP) is 1.99. The van der Waals surface area contributed by atoms with Crippen LogP contribution in [-0.2, 0) is 10.0 Å². The monoisotopic (exact) mass is 437 g/mol. The topological polar surface area (TPSA) is 79.9 Å². The van der Waals surface area contributed by atoms with E-state index in [1.165, 1.54) is 25.7 Å². The van der Waals surface area contributed by atoms with Crippen LogP contribution in [0, 0.1) is 5.92 Å². The first kappa shape index (κ1) is 21.9. The van der Waals surface area contributed by atoms with E-state index in [1.807, 2.05) is 24.3 Å². The number of ether oxygens (including phenoxy) is 2. The third-order valence-electron chi connectivity index (χ3n) is 6.62. The van der Waals surface area contributed by atoms with Crippen LogP contribution in [0.5, 0.6) is 11.5 Å². The zero-order valence-corrected chi connectivity index (χ0v) is 18.9. The molecule has 8 heteroatoms. The van der Waals surface area contributed by atoms with Crippen molar-refractivity contribution in [2.75, 3.05) is 32.8 Å². The molecule has 0 spiro atoms. The molecule has 3 heterocycles. The van der Waals surface area contributed by atoms with Crippen LogP contribution in [0.3, 0.4) is 0 Å². The smallest absolute Gasteiger partial charge is 0.213 e. The van der Waals surface area contributed by atoms with Crippen LogP contribution in [-0.4, -0.2) is 69.5 Å². The van der Waals surface area contributed by atoms with E-state index >= 15 is 0 Å². The second-order valence-electron chi connectivity index (χ2n) is 9.11. The Labute approximate surface area is 180 Å². The Morgan fingerprint density at radius 2 is 1.80 bits per heavy atom. The van der Waals surface area contributed by atoms with Crippen molar-refractivity contribution in [3.8, 4) is 11.5 Å². The molecule has 3 atom stereocenters. The number of benzene rings is 1. The summed E-state index contributed by atoms with van der Waals surface area (Å²) in [6.07, 6.45) is 5.02. The van der Waals surface area contributed by atoms with Crippen LogP contribution in [0.4, 0.5) is 0 Å². The molecule has 3 unspecified atom stereocenters. The van der Waals surface area contributed by atoms with Crippen LogP contribution in [0.25, 0.3) is 0 Å². The van der Waals surface area contributed by atoms with Crippen molar-refractivity contribution in [2.45, 2.75) is 63.0 Å². The number of fused-ring (bicyclic) bond motifs is 3. The Bertz CT molecular complexity index is 802. The van der Waals surface area contributed by atoms with Gasteiger partial charge in [-0.15, -0.1) is 0 Å². The Balaban J connectivity index is 1.20. The maximum atomic E-state index is 11.8. The third kappa shape index (κ3) is 5.10. The van der Waals surface area contributed by atoms with Crippen LogP contribution in [0.15, 0.2) is 24.3 Å². The minimum atomic E-state index is -3.17. The number of hydrogen-bond donors (Lipinski definition) is 2. The number of para-hydroxylation sites is 2. The molecular formula is C22H35N3O4S. The van der Waals surface area contributed by atoms with E-state index in [4.69, 9.17) is 9.47 Å². The standard InChI is InChI=1S/C22H35N3O4S/c1-16(2)30(26,27)24-10-9-23-13-17-11-18-7-8-19(12-17)25(18)14-20-15-28-21-5-3-4-6-22(21)29-20/h3-6,16-20,23-24H,7-15H2,1-2H3. The molecule has 2 bridgehead atoms. The molecule has 2 N–H and O–H groups in total. The average Bonchev–Trinajstić information content (AvgIpc) is 2.95. The number of hydrogen-bond acceptors (Lipinski definition) is 6. The maximum absolute atomic E-state index is 11.8. The summed E-state index contributed by atoms with van der Waals surface area (Å²) in [5.41, 5.74) is 0. The van der Waals surface area contributed by atoms with Crippen molar-refractivity contribution >= 4 is 10.0 Å². The minimum Gasteiger partial charge on any atom is -0.486 e. The molecule has 2 fully saturated rings. The first-order valence-corrected chi connectivity index (χ1v) is 12.8. The Morgan fingerprint density at radius 1 is 1.10 bits per heavy atom. The van der Waals surface area contributed by atoms with Gasteiger partial charge in [0.25, 0.3) is 0 Å². The van der Waals surface area contributed by atoms with Crippen molar-refractivity contribution in [3.05, 3.63) is 24.3 Å². The lowest BCUT2D eigenvalue weighted by Gasteiger charge is -2.41.